The molecule has 2 aromatic heterocycles. The van der Waals surface area contributed by atoms with E-state index in [1.807, 2.05) is 54.7 Å². The number of nitrogens with zero attached hydrogens (tertiary/aromatic N) is 1. The number of hydrogen-bond donors (Lipinski definition) is 7. The number of aromatic amines is 1. The fourth-order valence-electron chi connectivity index (χ4n) is 10.4. The van der Waals surface area contributed by atoms with E-state index in [0.29, 0.717) is 61.9 Å². The number of aryl methyl sites for hydroxylation is 2. The number of phenolic OH excluding ortho intramolecular Hbond substituents is 4. The summed E-state index contributed by atoms with van der Waals surface area (Å²) in [5.74, 6) is 0.570. The monoisotopic (exact) mass is 867 g/mol. The molecule has 4 aromatic carbocycles. The highest BCUT2D eigenvalue weighted by Gasteiger charge is 2.54. The number of pyridine rings is 1. The first kappa shape index (κ1) is 44.4. The van der Waals surface area contributed by atoms with Crippen LogP contribution in [0.5, 0.6) is 34.5 Å². The van der Waals surface area contributed by atoms with Crippen LogP contribution in [-0.4, -0.2) is 60.6 Å². The molecule has 6 aromatic rings. The second-order valence-corrected chi connectivity index (χ2v) is 18.2. The molecule has 11 nitrogen and oxygen atoms in total. The van der Waals surface area contributed by atoms with Gasteiger partial charge in [0, 0.05) is 41.2 Å². The Kier molecular flexibility index (Phi) is 13.7. The molecule has 336 valence electrons. The molecule has 0 spiro atoms. The maximum atomic E-state index is 15.4. The predicted octanol–water partition coefficient (Wildman–Crippen LogP) is 10.4. The van der Waals surface area contributed by atoms with E-state index in [9.17, 15) is 25.5 Å². The van der Waals surface area contributed by atoms with Crippen LogP contribution in [0.1, 0.15) is 93.2 Å². The molecule has 8 rings (SSSR count). The number of Topliss-reactive ketones (excluding diaryl/α,β-unsaturated/α-hetero) is 1. The summed E-state index contributed by atoms with van der Waals surface area (Å²) in [7, 11) is 0. The van der Waals surface area contributed by atoms with Crippen molar-refractivity contribution in [1.82, 2.24) is 9.97 Å². The minimum atomic E-state index is -1.04. The molecule has 2 aliphatic rings. The van der Waals surface area contributed by atoms with Crippen molar-refractivity contribution in [2.24, 2.45) is 17.8 Å². The lowest BCUT2D eigenvalue weighted by Crippen LogP contribution is -2.49. The highest BCUT2D eigenvalue weighted by Crippen LogP contribution is 2.54. The van der Waals surface area contributed by atoms with Crippen molar-refractivity contribution >= 4 is 28.1 Å². The number of anilines is 2. The van der Waals surface area contributed by atoms with Gasteiger partial charge in [0.15, 0.2) is 23.0 Å². The number of aromatic nitrogens is 2. The van der Waals surface area contributed by atoms with Crippen LogP contribution in [0.15, 0.2) is 97.3 Å². The Morgan fingerprint density at radius 3 is 2.61 bits per heavy atom. The number of aromatic hydroxyl groups is 4. The van der Waals surface area contributed by atoms with Crippen molar-refractivity contribution in [3.05, 3.63) is 125 Å². The molecule has 1 aliphatic heterocycles. The quantitative estimate of drug-likeness (QED) is 0.0306. The first-order valence-electron chi connectivity index (χ1n) is 22.9. The molecule has 3 heterocycles. The van der Waals surface area contributed by atoms with Gasteiger partial charge in [-0.05, 0) is 170 Å². The number of carbonyl (C=O) groups is 1. The first-order chi connectivity index (χ1) is 31.0. The summed E-state index contributed by atoms with van der Waals surface area (Å²) in [4.78, 5) is 23.5. The van der Waals surface area contributed by atoms with Crippen LogP contribution >= 0.6 is 0 Å². The van der Waals surface area contributed by atoms with E-state index < -0.39 is 17.4 Å². The molecule has 64 heavy (non-hydrogen) atoms. The lowest BCUT2D eigenvalue weighted by atomic mass is 9.59. The standard InChI is InChI=1S/C53H61N3O8/c1-33(2)7-5-25-63-48-28-34(27-47(61)51(48)62)11-18-44(58)50(45(59)19-14-35-15-20-46(60)52-43(35)10-6-26-64-52)53(22-3-8-38(53)31-40-9-4-23-54-40)39-21-24-55-49(32-39)56-41-16-12-37-30-42(57)17-13-36(37)29-41/h4,9,12-13,15-17,20-21,23-24,27-30,32-33,38,45,50,54,57,59-62H,3,5-8,10-11,14,18-19,22,25-26,31H2,1-2H3,(H,55,56). The number of phenols is 4. The number of H-pyrrole nitrogens is 1. The average molecular weight is 868 g/mol. The Morgan fingerprint density at radius 1 is 0.938 bits per heavy atom. The highest BCUT2D eigenvalue weighted by molar-refractivity contribution is 5.87. The number of benzene rings is 4. The Bertz CT molecular complexity index is 2560. The summed E-state index contributed by atoms with van der Waals surface area (Å²) in [5, 5.41) is 60.3. The van der Waals surface area contributed by atoms with Gasteiger partial charge in [0.2, 0.25) is 5.75 Å². The van der Waals surface area contributed by atoms with Gasteiger partial charge in [0.05, 0.1) is 25.2 Å². The van der Waals surface area contributed by atoms with Crippen molar-refractivity contribution in [3.8, 4) is 34.5 Å². The van der Waals surface area contributed by atoms with Crippen LogP contribution < -0.4 is 14.8 Å². The van der Waals surface area contributed by atoms with Gasteiger partial charge in [-0.25, -0.2) is 4.98 Å². The van der Waals surface area contributed by atoms with Crippen LogP contribution in [0.4, 0.5) is 11.5 Å². The van der Waals surface area contributed by atoms with E-state index in [1.165, 1.54) is 6.07 Å². The zero-order valence-electron chi connectivity index (χ0n) is 36.9. The third-order valence-electron chi connectivity index (χ3n) is 13.5. The highest BCUT2D eigenvalue weighted by atomic mass is 16.5. The predicted molar refractivity (Wildman–Crippen MR) is 249 cm³/mol. The number of nitrogens with one attached hydrogen (secondary N) is 2. The second-order valence-electron chi connectivity index (χ2n) is 18.2. The maximum Gasteiger partial charge on any atom is 0.200 e. The van der Waals surface area contributed by atoms with Crippen molar-refractivity contribution in [3.63, 3.8) is 0 Å². The number of fused-ring (bicyclic) bond motifs is 2. The van der Waals surface area contributed by atoms with Gasteiger partial charge in [-0.1, -0.05) is 38.5 Å². The lowest BCUT2D eigenvalue weighted by molar-refractivity contribution is -0.131. The van der Waals surface area contributed by atoms with E-state index in [-0.39, 0.29) is 53.3 Å². The molecule has 1 aliphatic carbocycles. The minimum Gasteiger partial charge on any atom is -0.508 e. The first-order valence-corrected chi connectivity index (χ1v) is 22.9. The SMILES string of the molecule is CC(C)CCCOc1cc(CCC(=O)C(C(O)CCc2ccc(O)c3c2CCCO3)C2(c3ccnc(Nc4ccc5cc(O)ccc5c4)c3)CCCC2Cc2ccc[nH]2)cc(O)c1O. The zero-order valence-corrected chi connectivity index (χ0v) is 36.9. The molecule has 4 atom stereocenters. The summed E-state index contributed by atoms with van der Waals surface area (Å²) >= 11 is 0. The van der Waals surface area contributed by atoms with Crippen LogP contribution in [-0.2, 0) is 35.9 Å². The molecule has 4 unspecified atom stereocenters. The molecule has 0 radical (unpaired) electrons. The van der Waals surface area contributed by atoms with Gasteiger partial charge in [-0.2, -0.15) is 0 Å². The number of ether oxygens (including phenoxy) is 2. The van der Waals surface area contributed by atoms with Crippen LogP contribution in [0, 0.1) is 17.8 Å². The van der Waals surface area contributed by atoms with Crippen molar-refractivity contribution in [2.75, 3.05) is 18.5 Å². The third-order valence-corrected chi connectivity index (χ3v) is 13.5. The molecular weight excluding hydrogens is 807 g/mol. The fourth-order valence-corrected chi connectivity index (χ4v) is 10.4. The number of aliphatic hydroxyl groups excluding tert-OH is 1. The topological polar surface area (TPSA) is 177 Å². The molecule has 1 saturated carbocycles. The van der Waals surface area contributed by atoms with Gasteiger partial charge < -0.3 is 45.3 Å². The number of ketones is 1. The molecule has 0 bridgehead atoms. The van der Waals surface area contributed by atoms with Gasteiger partial charge >= 0.3 is 0 Å². The van der Waals surface area contributed by atoms with Crippen LogP contribution in [0.3, 0.4) is 0 Å². The van der Waals surface area contributed by atoms with Crippen molar-refractivity contribution in [1.29, 1.82) is 0 Å². The molecule has 1 fully saturated rings. The summed E-state index contributed by atoms with van der Waals surface area (Å²) in [6.07, 6.45) is 10.2. The van der Waals surface area contributed by atoms with Crippen molar-refractivity contribution in [2.45, 2.75) is 102 Å². The summed E-state index contributed by atoms with van der Waals surface area (Å²) in [5.41, 5.74) is 4.60. The second kappa shape index (κ2) is 19.7. The average Bonchev–Trinajstić information content (AvgIpc) is 3.97. The number of rotatable bonds is 19. The molecular formula is C53H61N3O8. The summed E-state index contributed by atoms with van der Waals surface area (Å²) in [6, 6.07) is 26.0. The fraction of sp³-hybridized carbons (Fsp3) is 0.396. The Morgan fingerprint density at radius 2 is 1.78 bits per heavy atom. The maximum absolute atomic E-state index is 15.4. The summed E-state index contributed by atoms with van der Waals surface area (Å²) in [6.45, 7) is 5.20. The minimum absolute atomic E-state index is 0.0169. The smallest absolute Gasteiger partial charge is 0.200 e. The largest absolute Gasteiger partial charge is 0.508 e. The zero-order chi connectivity index (χ0) is 44.8. The lowest BCUT2D eigenvalue weighted by Gasteiger charge is -2.45. The van der Waals surface area contributed by atoms with Gasteiger partial charge in [0.1, 0.15) is 17.4 Å². The van der Waals surface area contributed by atoms with E-state index in [0.717, 1.165) is 77.4 Å². The number of carbonyl (C=O) groups excluding carboxylic acids is 1. The van der Waals surface area contributed by atoms with E-state index >= 15 is 4.79 Å². The normalized spacial score (nSPS) is 18.1. The van der Waals surface area contributed by atoms with Gasteiger partial charge in [-0.3, -0.25) is 4.79 Å². The Hall–Kier alpha value is -6.20. The summed E-state index contributed by atoms with van der Waals surface area (Å²) < 4.78 is 11.8. The van der Waals surface area contributed by atoms with Crippen LogP contribution in [0.2, 0.25) is 0 Å². The van der Waals surface area contributed by atoms with E-state index in [4.69, 9.17) is 14.5 Å². The van der Waals surface area contributed by atoms with E-state index in [1.54, 1.807) is 30.5 Å². The molecule has 0 saturated heterocycles. The number of aliphatic hydroxyl groups is 1. The molecule has 11 heteroatoms. The Balaban J connectivity index is 1.16. The van der Waals surface area contributed by atoms with E-state index in [2.05, 4.69) is 30.2 Å². The number of hydrogen-bond acceptors (Lipinski definition) is 10. The molecule has 0 amide bonds. The Labute approximate surface area is 375 Å². The van der Waals surface area contributed by atoms with Gasteiger partial charge in [0.25, 0.3) is 0 Å². The van der Waals surface area contributed by atoms with Gasteiger partial charge in [-0.15, -0.1) is 0 Å². The van der Waals surface area contributed by atoms with Crippen molar-refractivity contribution < 1.29 is 39.8 Å². The third kappa shape index (κ3) is 9.79. The van der Waals surface area contributed by atoms with Crippen LogP contribution in [0.25, 0.3) is 10.8 Å². The molecule has 7 N–H and O–H groups in total.